The van der Waals surface area contributed by atoms with Crippen LogP contribution >= 0.6 is 0 Å². The van der Waals surface area contributed by atoms with Crippen LogP contribution in [0.4, 0.5) is 5.95 Å². The molecule has 42 heavy (non-hydrogen) atoms. The summed E-state index contributed by atoms with van der Waals surface area (Å²) in [5.74, 6) is -1.26. The lowest BCUT2D eigenvalue weighted by Gasteiger charge is -2.22. The normalized spacial score (nSPS) is 22.0. The number of carbonyl (C=O) groups is 3. The number of carbonyl (C=O) groups excluding carboxylic acids is 3. The molecule has 3 unspecified atom stereocenters. The number of hydrogen-bond acceptors (Lipinski definition) is 10. The molecule has 0 bridgehead atoms. The first-order chi connectivity index (χ1) is 20.2. The lowest BCUT2D eigenvalue weighted by molar-refractivity contribution is -0.118. The quantitative estimate of drug-likeness (QED) is 0.178. The summed E-state index contributed by atoms with van der Waals surface area (Å²) in [6.45, 7) is 3.56. The van der Waals surface area contributed by atoms with Crippen molar-refractivity contribution in [3.63, 3.8) is 0 Å². The van der Waals surface area contributed by atoms with Gasteiger partial charge in [-0.1, -0.05) is 38.8 Å². The van der Waals surface area contributed by atoms with E-state index in [-0.39, 0.29) is 47.4 Å². The minimum Gasteiger partial charge on any atom is -0.394 e. The summed E-state index contributed by atoms with van der Waals surface area (Å²) in [4.78, 5) is 62.0. The van der Waals surface area contributed by atoms with Gasteiger partial charge < -0.3 is 19.7 Å². The average molecular weight is 583 g/mol. The van der Waals surface area contributed by atoms with Gasteiger partial charge in [0.05, 0.1) is 24.1 Å². The van der Waals surface area contributed by atoms with Crippen molar-refractivity contribution in [2.75, 3.05) is 25.1 Å². The van der Waals surface area contributed by atoms with Gasteiger partial charge in [-0.3, -0.25) is 38.9 Å². The highest BCUT2D eigenvalue weighted by atomic mass is 16.6. The number of ether oxygens (including phenoxy) is 2. The number of imide groups is 1. The van der Waals surface area contributed by atoms with E-state index in [1.54, 1.807) is 38.1 Å². The molecule has 1 saturated heterocycles. The molecule has 3 aromatic rings. The summed E-state index contributed by atoms with van der Waals surface area (Å²) >= 11 is 0. The number of benzene rings is 1. The van der Waals surface area contributed by atoms with Crippen LogP contribution in [0.5, 0.6) is 0 Å². The van der Waals surface area contributed by atoms with Crippen molar-refractivity contribution in [2.45, 2.75) is 64.1 Å². The number of rotatable bonds is 12. The van der Waals surface area contributed by atoms with Crippen LogP contribution in [0.3, 0.4) is 0 Å². The predicted molar refractivity (Wildman–Crippen MR) is 149 cm³/mol. The monoisotopic (exact) mass is 582 g/mol. The van der Waals surface area contributed by atoms with Crippen LogP contribution in [0.25, 0.3) is 11.2 Å². The second-order valence-corrected chi connectivity index (χ2v) is 10.7. The fourth-order valence-electron chi connectivity index (χ4n) is 5.09. The van der Waals surface area contributed by atoms with Crippen molar-refractivity contribution in [3.8, 4) is 0 Å². The van der Waals surface area contributed by atoms with Gasteiger partial charge >= 0.3 is 0 Å². The first-order valence-corrected chi connectivity index (χ1v) is 14.0. The first kappa shape index (κ1) is 29.5. The van der Waals surface area contributed by atoms with E-state index >= 15 is 0 Å². The average Bonchev–Trinajstić information content (AvgIpc) is 3.61. The molecule has 3 amide bonds. The number of amides is 3. The van der Waals surface area contributed by atoms with E-state index in [0.717, 1.165) is 12.8 Å². The van der Waals surface area contributed by atoms with Gasteiger partial charge in [-0.15, -0.1) is 0 Å². The maximum absolute atomic E-state index is 12.6. The molecule has 4 heterocycles. The molecule has 0 saturated carbocycles. The lowest BCUT2D eigenvalue weighted by Crippen LogP contribution is -2.35. The minimum absolute atomic E-state index is 0.0138. The molecule has 0 aliphatic carbocycles. The number of imidazole rings is 1. The fraction of sp³-hybridized carbons (Fsp3) is 0.500. The number of aromatic nitrogens is 4. The second kappa shape index (κ2) is 12.5. The van der Waals surface area contributed by atoms with E-state index in [1.165, 1.54) is 15.8 Å². The second-order valence-electron chi connectivity index (χ2n) is 10.7. The Labute approximate surface area is 240 Å². The molecule has 0 radical (unpaired) electrons. The zero-order valence-electron chi connectivity index (χ0n) is 23.4. The van der Waals surface area contributed by atoms with E-state index < -0.39 is 36.7 Å². The highest BCUT2D eigenvalue weighted by Crippen LogP contribution is 2.33. The van der Waals surface area contributed by atoms with Crippen molar-refractivity contribution >= 4 is 34.8 Å². The number of nitrogens with one attached hydrogen (secondary N) is 2. The predicted octanol–water partition coefficient (Wildman–Crippen LogP) is 1.21. The Balaban J connectivity index is 1.18. The number of aromatic amines is 1. The maximum Gasteiger partial charge on any atom is 0.280 e. The number of nitrogens with zero attached hydrogens (tertiary/aromatic N) is 4. The molecule has 4 atom stereocenters. The summed E-state index contributed by atoms with van der Waals surface area (Å²) < 4.78 is 13.3. The smallest absolute Gasteiger partial charge is 0.280 e. The van der Waals surface area contributed by atoms with Crippen LogP contribution in [0.1, 0.15) is 66.5 Å². The van der Waals surface area contributed by atoms with E-state index in [0.29, 0.717) is 30.5 Å². The van der Waals surface area contributed by atoms with Gasteiger partial charge in [-0.25, -0.2) is 4.98 Å². The summed E-state index contributed by atoms with van der Waals surface area (Å²) in [5, 5.41) is 23.1. The standard InChI is InChI=1S/C28H34N6O8/c1-15(2)23(37)31-28-30-22-19(24(38)32-28)29-14-34(22)27-21(20(36)18(13-35)42-27)41-12-8-4-3-7-11-33-25(39)16-9-5-6-10-17(16)26(33)40/h5-6,9-10,14-15,18,20-21,27,35-36H,3-4,7-8,11-13H2,1-2H3,(H2,30,31,32,37,38)/t18-,20?,21?,27?/m1/s1. The first-order valence-electron chi connectivity index (χ1n) is 14.0. The molecule has 1 aromatic carbocycles. The molecule has 4 N–H and O–H groups in total. The molecular weight excluding hydrogens is 548 g/mol. The van der Waals surface area contributed by atoms with Crippen molar-refractivity contribution in [2.24, 2.45) is 5.92 Å². The molecule has 2 aromatic heterocycles. The topological polar surface area (TPSA) is 189 Å². The molecular formula is C28H34N6O8. The molecule has 14 heteroatoms. The van der Waals surface area contributed by atoms with Gasteiger partial charge in [0.15, 0.2) is 17.4 Å². The van der Waals surface area contributed by atoms with E-state index in [1.807, 2.05) is 0 Å². The number of anilines is 1. The Bertz CT molecular complexity index is 1500. The van der Waals surface area contributed by atoms with Gasteiger partial charge in [-0.2, -0.15) is 4.98 Å². The number of aliphatic hydroxyl groups is 2. The Hall–Kier alpha value is -3.98. The van der Waals surface area contributed by atoms with Gasteiger partial charge in [0.2, 0.25) is 11.9 Å². The largest absolute Gasteiger partial charge is 0.394 e. The number of unbranched alkanes of at least 4 members (excludes halogenated alkanes) is 3. The van der Waals surface area contributed by atoms with Crippen LogP contribution in [0, 0.1) is 5.92 Å². The van der Waals surface area contributed by atoms with Crippen LogP contribution in [0.15, 0.2) is 35.4 Å². The van der Waals surface area contributed by atoms with Crippen LogP contribution in [-0.4, -0.2) is 90.4 Å². The number of aliphatic hydroxyl groups excluding tert-OH is 2. The number of fused-ring (bicyclic) bond motifs is 2. The van der Waals surface area contributed by atoms with Crippen molar-refractivity contribution in [3.05, 3.63) is 52.1 Å². The molecule has 2 aliphatic rings. The molecule has 2 aliphatic heterocycles. The highest BCUT2D eigenvalue weighted by molar-refractivity contribution is 6.21. The van der Waals surface area contributed by atoms with Crippen molar-refractivity contribution in [1.82, 2.24) is 24.4 Å². The Morgan fingerprint density at radius 1 is 1.12 bits per heavy atom. The summed E-state index contributed by atoms with van der Waals surface area (Å²) in [6.07, 6.45) is 0.202. The van der Waals surface area contributed by atoms with E-state index in [4.69, 9.17) is 9.47 Å². The minimum atomic E-state index is -1.16. The summed E-state index contributed by atoms with van der Waals surface area (Å²) in [7, 11) is 0. The molecule has 224 valence electrons. The molecule has 14 nitrogen and oxygen atoms in total. The van der Waals surface area contributed by atoms with E-state index in [2.05, 4.69) is 20.3 Å². The van der Waals surface area contributed by atoms with Crippen LogP contribution < -0.4 is 10.9 Å². The fourth-order valence-corrected chi connectivity index (χ4v) is 5.09. The van der Waals surface area contributed by atoms with Crippen LogP contribution in [-0.2, 0) is 14.3 Å². The van der Waals surface area contributed by atoms with Crippen LogP contribution in [0.2, 0.25) is 0 Å². The van der Waals surface area contributed by atoms with Crippen molar-refractivity contribution in [1.29, 1.82) is 0 Å². The number of H-pyrrole nitrogens is 1. The third-order valence-corrected chi connectivity index (χ3v) is 7.43. The summed E-state index contributed by atoms with van der Waals surface area (Å²) in [5.41, 5.74) is 0.445. The Morgan fingerprint density at radius 3 is 2.48 bits per heavy atom. The van der Waals surface area contributed by atoms with Gasteiger partial charge in [-0.05, 0) is 25.0 Å². The molecule has 5 rings (SSSR count). The zero-order chi connectivity index (χ0) is 30.0. The molecule has 1 fully saturated rings. The number of hydrogen-bond donors (Lipinski definition) is 4. The van der Waals surface area contributed by atoms with Gasteiger partial charge in [0.1, 0.15) is 18.3 Å². The van der Waals surface area contributed by atoms with Crippen molar-refractivity contribution < 1.29 is 34.1 Å². The zero-order valence-corrected chi connectivity index (χ0v) is 23.4. The SMILES string of the molecule is CC(C)C(=O)Nc1nc2c(ncn2C2O[C@H](CO)C(O)C2OCCCCCCN2C(=O)c3ccccc3C2=O)c(=O)[nH]1. The third kappa shape index (κ3) is 5.70. The lowest BCUT2D eigenvalue weighted by atomic mass is 10.1. The Kier molecular flexibility index (Phi) is 8.77. The maximum atomic E-state index is 12.6. The molecule has 0 spiro atoms. The van der Waals surface area contributed by atoms with Gasteiger partial charge in [0.25, 0.3) is 17.4 Å². The third-order valence-electron chi connectivity index (χ3n) is 7.43. The van der Waals surface area contributed by atoms with Gasteiger partial charge in [0, 0.05) is 19.1 Å². The van der Waals surface area contributed by atoms with E-state index in [9.17, 15) is 29.4 Å². The Morgan fingerprint density at radius 2 is 1.81 bits per heavy atom. The summed E-state index contributed by atoms with van der Waals surface area (Å²) in [6, 6.07) is 6.80. The highest BCUT2D eigenvalue weighted by Gasteiger charge is 2.46.